The van der Waals surface area contributed by atoms with Crippen LogP contribution in [-0.4, -0.2) is 36.3 Å². The van der Waals surface area contributed by atoms with Gasteiger partial charge in [0.05, 0.1) is 6.61 Å². The van der Waals surface area contributed by atoms with Crippen molar-refractivity contribution in [3.63, 3.8) is 0 Å². The third-order valence-electron chi connectivity index (χ3n) is 2.21. The van der Waals surface area contributed by atoms with Gasteiger partial charge in [-0.1, -0.05) is 0 Å². The van der Waals surface area contributed by atoms with Crippen molar-refractivity contribution in [3.8, 4) is 0 Å². The Balaban J connectivity index is 2.88. The molecule has 1 unspecified atom stereocenters. The van der Waals surface area contributed by atoms with Crippen molar-refractivity contribution in [2.75, 3.05) is 30.9 Å². The molecular formula is C11H17F3N4O. The first-order chi connectivity index (χ1) is 8.86. The Bertz CT molecular complexity index is 411. The minimum atomic E-state index is -4.51. The van der Waals surface area contributed by atoms with Gasteiger partial charge < -0.3 is 15.4 Å². The van der Waals surface area contributed by atoms with Gasteiger partial charge in [-0.05, 0) is 13.8 Å². The number of halogens is 3. The average molecular weight is 278 g/mol. The number of hydrogen-bond acceptors (Lipinski definition) is 5. The van der Waals surface area contributed by atoms with Crippen LogP contribution >= 0.6 is 0 Å². The van der Waals surface area contributed by atoms with E-state index in [0.717, 1.165) is 6.07 Å². The number of alkyl halides is 3. The summed E-state index contributed by atoms with van der Waals surface area (Å²) in [4.78, 5) is 7.30. The maximum atomic E-state index is 12.7. The van der Waals surface area contributed by atoms with Crippen molar-refractivity contribution in [1.82, 2.24) is 9.97 Å². The smallest absolute Gasteiger partial charge is 0.380 e. The number of rotatable bonds is 6. The maximum absolute atomic E-state index is 12.7. The molecule has 0 aliphatic carbocycles. The first-order valence-electron chi connectivity index (χ1n) is 5.85. The van der Waals surface area contributed by atoms with E-state index in [-0.39, 0.29) is 17.8 Å². The standard InChI is InChI=1S/C11H17F3N4O/c1-4-19-6-7(2)16-9-5-8(11(12,13)14)17-10(15-3)18-9/h5,7H,4,6H2,1-3H3,(H2,15,16,17,18). The van der Waals surface area contributed by atoms with Gasteiger partial charge in [0.25, 0.3) is 0 Å². The van der Waals surface area contributed by atoms with E-state index in [0.29, 0.717) is 13.2 Å². The van der Waals surface area contributed by atoms with Gasteiger partial charge in [-0.2, -0.15) is 18.2 Å². The minimum absolute atomic E-state index is 0.0825. The van der Waals surface area contributed by atoms with Crippen LogP contribution in [0.1, 0.15) is 19.5 Å². The summed E-state index contributed by atoms with van der Waals surface area (Å²) in [5.41, 5.74) is -0.988. The van der Waals surface area contributed by atoms with Crippen molar-refractivity contribution < 1.29 is 17.9 Å². The van der Waals surface area contributed by atoms with Crippen molar-refractivity contribution in [2.45, 2.75) is 26.1 Å². The second kappa shape index (κ2) is 6.55. The van der Waals surface area contributed by atoms with Crippen LogP contribution in [0.4, 0.5) is 24.9 Å². The molecule has 1 atom stereocenters. The van der Waals surface area contributed by atoms with Crippen LogP contribution in [0.2, 0.25) is 0 Å². The number of anilines is 2. The van der Waals surface area contributed by atoms with Crippen LogP contribution in [0.25, 0.3) is 0 Å². The molecule has 1 aromatic heterocycles. The van der Waals surface area contributed by atoms with Crippen molar-refractivity contribution in [2.24, 2.45) is 0 Å². The fourth-order valence-corrected chi connectivity index (χ4v) is 1.37. The van der Waals surface area contributed by atoms with Gasteiger partial charge in [0.1, 0.15) is 5.82 Å². The molecule has 5 nitrogen and oxygen atoms in total. The van der Waals surface area contributed by atoms with Gasteiger partial charge in [0.2, 0.25) is 5.95 Å². The molecule has 0 aliphatic heterocycles. The van der Waals surface area contributed by atoms with E-state index in [9.17, 15) is 13.2 Å². The van der Waals surface area contributed by atoms with Gasteiger partial charge in [-0.15, -0.1) is 0 Å². The summed E-state index contributed by atoms with van der Waals surface area (Å²) in [6.07, 6.45) is -4.51. The Morgan fingerprint density at radius 1 is 1.37 bits per heavy atom. The zero-order valence-electron chi connectivity index (χ0n) is 11.0. The summed E-state index contributed by atoms with van der Waals surface area (Å²) in [7, 11) is 1.46. The maximum Gasteiger partial charge on any atom is 0.433 e. The molecule has 0 spiro atoms. The molecule has 1 aromatic rings. The first kappa shape index (κ1) is 15.5. The molecular weight excluding hydrogens is 261 g/mol. The van der Waals surface area contributed by atoms with E-state index in [1.165, 1.54) is 7.05 Å². The SMILES string of the molecule is CCOCC(C)Nc1cc(C(F)(F)F)nc(NC)n1. The minimum Gasteiger partial charge on any atom is -0.380 e. The van der Waals surface area contributed by atoms with Crippen LogP contribution in [0.5, 0.6) is 0 Å². The number of aromatic nitrogens is 2. The molecule has 0 radical (unpaired) electrons. The lowest BCUT2D eigenvalue weighted by Gasteiger charge is -2.16. The summed E-state index contributed by atoms with van der Waals surface area (Å²) >= 11 is 0. The third-order valence-corrected chi connectivity index (χ3v) is 2.21. The van der Waals surface area contributed by atoms with E-state index in [2.05, 4.69) is 20.6 Å². The summed E-state index contributed by atoms with van der Waals surface area (Å²) in [6.45, 7) is 4.57. The van der Waals surface area contributed by atoms with Crippen LogP contribution in [0, 0.1) is 0 Å². The lowest BCUT2D eigenvalue weighted by Crippen LogP contribution is -2.23. The number of hydrogen-bond donors (Lipinski definition) is 2. The van der Waals surface area contributed by atoms with Crippen LogP contribution in [0.15, 0.2) is 6.07 Å². The van der Waals surface area contributed by atoms with E-state index in [1.807, 2.05) is 6.92 Å². The summed E-state index contributed by atoms with van der Waals surface area (Å²) in [5, 5.41) is 5.35. The molecule has 1 heterocycles. The molecule has 0 fully saturated rings. The fourth-order valence-electron chi connectivity index (χ4n) is 1.37. The van der Waals surface area contributed by atoms with Crippen molar-refractivity contribution in [3.05, 3.63) is 11.8 Å². The van der Waals surface area contributed by atoms with Crippen LogP contribution in [0.3, 0.4) is 0 Å². The van der Waals surface area contributed by atoms with Gasteiger partial charge in [-0.3, -0.25) is 0 Å². The second-order valence-corrected chi connectivity index (χ2v) is 3.91. The van der Waals surface area contributed by atoms with E-state index < -0.39 is 11.9 Å². The number of nitrogens with one attached hydrogen (secondary N) is 2. The Morgan fingerprint density at radius 2 is 2.05 bits per heavy atom. The van der Waals surface area contributed by atoms with Gasteiger partial charge >= 0.3 is 6.18 Å². The molecule has 8 heteroatoms. The Labute approximate surface area is 109 Å². The van der Waals surface area contributed by atoms with E-state index >= 15 is 0 Å². The lowest BCUT2D eigenvalue weighted by molar-refractivity contribution is -0.141. The lowest BCUT2D eigenvalue weighted by atomic mass is 10.3. The van der Waals surface area contributed by atoms with E-state index in [4.69, 9.17) is 4.74 Å². The first-order valence-corrected chi connectivity index (χ1v) is 5.85. The topological polar surface area (TPSA) is 59.1 Å². The molecule has 108 valence electrons. The summed E-state index contributed by atoms with van der Waals surface area (Å²) in [5.74, 6) is 0.0276. The highest BCUT2D eigenvalue weighted by molar-refractivity contribution is 5.43. The zero-order valence-corrected chi connectivity index (χ0v) is 11.0. The number of ether oxygens (including phenoxy) is 1. The third kappa shape index (κ3) is 4.90. The van der Waals surface area contributed by atoms with Crippen LogP contribution in [-0.2, 0) is 10.9 Å². The van der Waals surface area contributed by atoms with Crippen LogP contribution < -0.4 is 10.6 Å². The van der Waals surface area contributed by atoms with Crippen molar-refractivity contribution in [1.29, 1.82) is 0 Å². The zero-order chi connectivity index (χ0) is 14.5. The summed E-state index contributed by atoms with van der Waals surface area (Å²) < 4.78 is 43.1. The highest BCUT2D eigenvalue weighted by Gasteiger charge is 2.33. The van der Waals surface area contributed by atoms with E-state index in [1.54, 1.807) is 6.92 Å². The quantitative estimate of drug-likeness (QED) is 0.836. The monoisotopic (exact) mass is 278 g/mol. The summed E-state index contributed by atoms with van der Waals surface area (Å²) in [6, 6.07) is 0.726. The molecule has 0 bridgehead atoms. The molecule has 0 saturated carbocycles. The average Bonchev–Trinajstić information content (AvgIpc) is 2.34. The fraction of sp³-hybridized carbons (Fsp3) is 0.636. The molecule has 0 saturated heterocycles. The molecule has 1 rings (SSSR count). The normalized spacial score (nSPS) is 13.2. The Hall–Kier alpha value is -1.57. The predicted octanol–water partition coefficient (Wildman–Crippen LogP) is 2.37. The molecule has 0 aliphatic rings. The van der Waals surface area contributed by atoms with Crippen molar-refractivity contribution >= 4 is 11.8 Å². The highest BCUT2D eigenvalue weighted by Crippen LogP contribution is 2.29. The Morgan fingerprint density at radius 3 is 2.58 bits per heavy atom. The predicted molar refractivity (Wildman–Crippen MR) is 66.2 cm³/mol. The number of nitrogens with zero attached hydrogens (tertiary/aromatic N) is 2. The molecule has 19 heavy (non-hydrogen) atoms. The molecule has 2 N–H and O–H groups in total. The Kier molecular flexibility index (Phi) is 5.34. The second-order valence-electron chi connectivity index (χ2n) is 3.91. The van der Waals surface area contributed by atoms with Gasteiger partial charge in [0.15, 0.2) is 5.69 Å². The van der Waals surface area contributed by atoms with Gasteiger partial charge in [0, 0.05) is 25.8 Å². The molecule has 0 amide bonds. The van der Waals surface area contributed by atoms with Gasteiger partial charge in [-0.25, -0.2) is 4.98 Å². The largest absolute Gasteiger partial charge is 0.433 e. The molecule has 0 aromatic carbocycles. The highest BCUT2D eigenvalue weighted by atomic mass is 19.4.